The van der Waals surface area contributed by atoms with Crippen LogP contribution in [0.2, 0.25) is 0 Å². The lowest BCUT2D eigenvalue weighted by Crippen LogP contribution is -2.35. The third-order valence-corrected chi connectivity index (χ3v) is 5.76. The van der Waals surface area contributed by atoms with Crippen LogP contribution in [0.1, 0.15) is 5.56 Å². The Morgan fingerprint density at radius 1 is 1.03 bits per heavy atom. The number of hydrogen-bond acceptors (Lipinski definition) is 4. The molecule has 0 aliphatic carbocycles. The van der Waals surface area contributed by atoms with Crippen molar-refractivity contribution in [3.05, 3.63) is 72.2 Å². The van der Waals surface area contributed by atoms with Gasteiger partial charge in [-0.05, 0) is 41.0 Å². The fourth-order valence-corrected chi connectivity index (χ4v) is 4.11. The number of aromatic nitrogens is 2. The van der Waals surface area contributed by atoms with E-state index in [-0.39, 0.29) is 5.82 Å². The zero-order valence-electron chi connectivity index (χ0n) is 17.4. The van der Waals surface area contributed by atoms with Crippen LogP contribution in [0.4, 0.5) is 4.39 Å². The Morgan fingerprint density at radius 3 is 2.61 bits per heavy atom. The lowest BCUT2D eigenvalue weighted by molar-refractivity contribution is 0.0342. The van der Waals surface area contributed by atoms with Crippen LogP contribution >= 0.6 is 0 Å². The molecular formula is C25H24FN3O2. The Balaban J connectivity index is 1.46. The van der Waals surface area contributed by atoms with E-state index in [1.54, 1.807) is 19.4 Å². The summed E-state index contributed by atoms with van der Waals surface area (Å²) in [5.74, 6) is 0.181. The quantitative estimate of drug-likeness (QED) is 0.503. The van der Waals surface area contributed by atoms with E-state index in [4.69, 9.17) is 9.47 Å². The predicted molar refractivity (Wildman–Crippen MR) is 120 cm³/mol. The van der Waals surface area contributed by atoms with Crippen LogP contribution in [0.5, 0.6) is 5.75 Å². The molecule has 0 bridgehead atoms. The number of nitrogens with zero attached hydrogens (tertiary/aromatic N) is 2. The van der Waals surface area contributed by atoms with Crippen LogP contribution in [0.15, 0.2) is 60.8 Å². The molecule has 6 heteroatoms. The van der Waals surface area contributed by atoms with E-state index < -0.39 is 0 Å². The van der Waals surface area contributed by atoms with E-state index in [0.717, 1.165) is 66.3 Å². The molecule has 5 rings (SSSR count). The first-order valence-corrected chi connectivity index (χ1v) is 10.4. The van der Waals surface area contributed by atoms with Gasteiger partial charge >= 0.3 is 0 Å². The van der Waals surface area contributed by atoms with Gasteiger partial charge in [0.1, 0.15) is 17.2 Å². The summed E-state index contributed by atoms with van der Waals surface area (Å²) in [6, 6.07) is 17.3. The number of fused-ring (bicyclic) bond motifs is 1. The number of morpholine rings is 1. The molecule has 3 heterocycles. The van der Waals surface area contributed by atoms with Crippen LogP contribution in [-0.4, -0.2) is 48.3 Å². The molecule has 0 radical (unpaired) electrons. The highest BCUT2D eigenvalue weighted by Crippen LogP contribution is 2.36. The van der Waals surface area contributed by atoms with Crippen molar-refractivity contribution in [3.63, 3.8) is 0 Å². The molecule has 0 spiro atoms. The number of hydrogen-bond donors (Lipinski definition) is 1. The molecule has 4 aromatic rings. The van der Waals surface area contributed by atoms with Crippen molar-refractivity contribution in [2.24, 2.45) is 0 Å². The van der Waals surface area contributed by atoms with Gasteiger partial charge in [-0.2, -0.15) is 0 Å². The summed E-state index contributed by atoms with van der Waals surface area (Å²) >= 11 is 0. The van der Waals surface area contributed by atoms with Crippen LogP contribution in [0.3, 0.4) is 0 Å². The van der Waals surface area contributed by atoms with Crippen molar-refractivity contribution in [1.29, 1.82) is 0 Å². The van der Waals surface area contributed by atoms with Gasteiger partial charge in [0.05, 0.1) is 20.3 Å². The molecule has 0 unspecified atom stereocenters. The van der Waals surface area contributed by atoms with Gasteiger partial charge in [0.2, 0.25) is 0 Å². The van der Waals surface area contributed by atoms with E-state index >= 15 is 0 Å². The minimum Gasteiger partial charge on any atom is -0.496 e. The second kappa shape index (κ2) is 8.49. The molecule has 0 amide bonds. The molecule has 2 aromatic heterocycles. The molecule has 0 saturated carbocycles. The van der Waals surface area contributed by atoms with Crippen molar-refractivity contribution < 1.29 is 13.9 Å². The highest BCUT2D eigenvalue weighted by Gasteiger charge is 2.14. The smallest absolute Gasteiger partial charge is 0.138 e. The van der Waals surface area contributed by atoms with E-state index in [0.29, 0.717) is 5.75 Å². The second-order valence-corrected chi connectivity index (χ2v) is 7.73. The summed E-state index contributed by atoms with van der Waals surface area (Å²) in [5, 5.41) is 0.972. The van der Waals surface area contributed by atoms with Crippen molar-refractivity contribution in [3.8, 4) is 28.1 Å². The fraction of sp³-hybridized carbons (Fsp3) is 0.240. The third kappa shape index (κ3) is 4.04. The lowest BCUT2D eigenvalue weighted by atomic mass is 10.0. The van der Waals surface area contributed by atoms with Crippen LogP contribution in [0, 0.1) is 5.82 Å². The maximum atomic E-state index is 13.7. The fourth-order valence-electron chi connectivity index (χ4n) is 4.11. The summed E-state index contributed by atoms with van der Waals surface area (Å²) < 4.78 is 24.5. The number of nitrogens with one attached hydrogen (secondary N) is 1. The number of methoxy groups -OCH3 is 1. The topological polar surface area (TPSA) is 50.4 Å². The van der Waals surface area contributed by atoms with Crippen LogP contribution in [-0.2, 0) is 11.3 Å². The lowest BCUT2D eigenvalue weighted by Gasteiger charge is -2.26. The Labute approximate surface area is 180 Å². The van der Waals surface area contributed by atoms with E-state index in [9.17, 15) is 4.39 Å². The van der Waals surface area contributed by atoms with E-state index in [1.807, 2.05) is 6.07 Å². The number of rotatable bonds is 5. The van der Waals surface area contributed by atoms with Gasteiger partial charge in [-0.3, -0.25) is 4.90 Å². The molecule has 2 aromatic carbocycles. The molecule has 158 valence electrons. The predicted octanol–water partition coefficient (Wildman–Crippen LogP) is 4.88. The van der Waals surface area contributed by atoms with Gasteiger partial charge < -0.3 is 14.5 Å². The van der Waals surface area contributed by atoms with Gasteiger partial charge in [-0.15, -0.1) is 0 Å². The highest BCUT2D eigenvalue weighted by atomic mass is 19.1. The van der Waals surface area contributed by atoms with E-state index in [1.165, 1.54) is 17.7 Å². The SMILES string of the molecule is COc1cc(F)ccc1-c1ccnc2[nH]c(-c3ccc(CN4CCOCC4)cc3)cc12. The summed E-state index contributed by atoms with van der Waals surface area (Å²) in [5.41, 5.74) is 5.96. The van der Waals surface area contributed by atoms with Gasteiger partial charge in [-0.25, -0.2) is 9.37 Å². The summed E-state index contributed by atoms with van der Waals surface area (Å²) in [4.78, 5) is 10.3. The van der Waals surface area contributed by atoms with Gasteiger partial charge in [0, 0.05) is 48.5 Å². The Bertz CT molecular complexity index is 1200. The highest BCUT2D eigenvalue weighted by molar-refractivity contribution is 5.97. The maximum absolute atomic E-state index is 13.7. The number of benzene rings is 2. The monoisotopic (exact) mass is 417 g/mol. The van der Waals surface area contributed by atoms with Crippen molar-refractivity contribution in [2.75, 3.05) is 33.4 Å². The Hall–Kier alpha value is -3.22. The number of H-pyrrole nitrogens is 1. The van der Waals surface area contributed by atoms with Crippen molar-refractivity contribution in [2.45, 2.75) is 6.54 Å². The number of aromatic amines is 1. The summed E-state index contributed by atoms with van der Waals surface area (Å²) in [7, 11) is 1.55. The van der Waals surface area contributed by atoms with Crippen molar-refractivity contribution >= 4 is 11.0 Å². The first kappa shape index (κ1) is 19.7. The number of halogens is 1. The Morgan fingerprint density at radius 2 is 1.84 bits per heavy atom. The minimum absolute atomic E-state index is 0.321. The second-order valence-electron chi connectivity index (χ2n) is 7.73. The average Bonchev–Trinajstić information content (AvgIpc) is 3.25. The van der Waals surface area contributed by atoms with Crippen LogP contribution in [0.25, 0.3) is 33.4 Å². The van der Waals surface area contributed by atoms with Gasteiger partial charge in [0.25, 0.3) is 0 Å². The minimum atomic E-state index is -0.321. The van der Waals surface area contributed by atoms with Gasteiger partial charge in [0.15, 0.2) is 0 Å². The van der Waals surface area contributed by atoms with E-state index in [2.05, 4.69) is 45.2 Å². The molecule has 1 aliphatic heterocycles. The molecule has 1 fully saturated rings. The van der Waals surface area contributed by atoms with Crippen molar-refractivity contribution in [1.82, 2.24) is 14.9 Å². The molecule has 5 nitrogen and oxygen atoms in total. The maximum Gasteiger partial charge on any atom is 0.138 e. The normalized spacial score (nSPS) is 14.8. The molecule has 0 atom stereocenters. The number of ether oxygens (including phenoxy) is 2. The van der Waals surface area contributed by atoms with Gasteiger partial charge in [-0.1, -0.05) is 24.3 Å². The standard InChI is InChI=1S/C25H24FN3O2/c1-30-24-14-19(26)6-7-21(24)20-8-9-27-25-22(20)15-23(28-25)18-4-2-17(3-5-18)16-29-10-12-31-13-11-29/h2-9,14-15H,10-13,16H2,1H3,(H,27,28). The van der Waals surface area contributed by atoms with Crippen LogP contribution < -0.4 is 4.74 Å². The number of pyridine rings is 1. The first-order chi connectivity index (χ1) is 15.2. The molecule has 1 N–H and O–H groups in total. The third-order valence-electron chi connectivity index (χ3n) is 5.76. The Kier molecular flexibility index (Phi) is 5.40. The molecule has 1 saturated heterocycles. The zero-order chi connectivity index (χ0) is 21.2. The first-order valence-electron chi connectivity index (χ1n) is 10.4. The average molecular weight is 417 g/mol. The largest absolute Gasteiger partial charge is 0.496 e. The molecular weight excluding hydrogens is 393 g/mol. The molecule has 31 heavy (non-hydrogen) atoms. The summed E-state index contributed by atoms with van der Waals surface area (Å²) in [6.07, 6.45) is 1.76. The molecule has 1 aliphatic rings. The summed E-state index contributed by atoms with van der Waals surface area (Å²) in [6.45, 7) is 4.51. The zero-order valence-corrected chi connectivity index (χ0v) is 17.4.